The van der Waals surface area contributed by atoms with Crippen LogP contribution in [0, 0.1) is 5.41 Å². The number of benzene rings is 2. The predicted molar refractivity (Wildman–Crippen MR) is 145 cm³/mol. The van der Waals surface area contributed by atoms with Crippen LogP contribution in [0.25, 0.3) is 11.3 Å². The lowest BCUT2D eigenvalue weighted by atomic mass is 9.86. The number of likely N-dealkylation sites (tertiary alicyclic amines) is 2. The Morgan fingerprint density at radius 1 is 1.08 bits per heavy atom. The SMILES string of the molecule is CC(C)(C)C(N)C(=O)N1CCC2C1C(c1nc(-c3ccccc3)cs1)CN2C(=O)OCc1ccccc1. The van der Waals surface area contributed by atoms with E-state index < -0.39 is 6.04 Å². The maximum Gasteiger partial charge on any atom is 0.410 e. The van der Waals surface area contributed by atoms with Crippen molar-refractivity contribution in [3.05, 3.63) is 76.6 Å². The first-order valence-corrected chi connectivity index (χ1v) is 13.7. The maximum absolute atomic E-state index is 13.6. The number of fused-ring (bicyclic) bond motifs is 1. The van der Waals surface area contributed by atoms with E-state index in [1.165, 1.54) is 0 Å². The van der Waals surface area contributed by atoms with Gasteiger partial charge in [0.2, 0.25) is 5.91 Å². The van der Waals surface area contributed by atoms with Gasteiger partial charge in [0.15, 0.2) is 0 Å². The third-order valence-corrected chi connectivity index (χ3v) is 8.43. The van der Waals surface area contributed by atoms with Gasteiger partial charge in [-0.25, -0.2) is 9.78 Å². The van der Waals surface area contributed by atoms with Crippen molar-refractivity contribution >= 4 is 23.3 Å². The molecule has 0 bridgehead atoms. The molecule has 2 aliphatic rings. The number of aromatic nitrogens is 1. The number of hydrogen-bond donors (Lipinski definition) is 1. The molecular formula is C29H34N4O3S. The topological polar surface area (TPSA) is 88.8 Å². The van der Waals surface area contributed by atoms with Gasteiger partial charge in [-0.15, -0.1) is 11.3 Å². The average molecular weight is 519 g/mol. The van der Waals surface area contributed by atoms with E-state index >= 15 is 0 Å². The Kier molecular flexibility index (Phi) is 7.05. The largest absolute Gasteiger partial charge is 0.445 e. The summed E-state index contributed by atoms with van der Waals surface area (Å²) in [5.41, 5.74) is 8.95. The Balaban J connectivity index is 1.42. The van der Waals surface area contributed by atoms with Gasteiger partial charge < -0.3 is 20.3 Å². The van der Waals surface area contributed by atoms with Crippen LogP contribution < -0.4 is 5.73 Å². The first-order chi connectivity index (χ1) is 17.7. The van der Waals surface area contributed by atoms with Gasteiger partial charge in [0, 0.05) is 24.0 Å². The van der Waals surface area contributed by atoms with E-state index in [1.54, 1.807) is 16.2 Å². The second-order valence-corrected chi connectivity index (χ2v) is 11.8. The monoisotopic (exact) mass is 518 g/mol. The molecule has 7 nitrogen and oxygen atoms in total. The van der Waals surface area contributed by atoms with Crippen molar-refractivity contribution in [1.29, 1.82) is 0 Å². The fourth-order valence-corrected chi connectivity index (χ4v) is 6.28. The fraction of sp³-hybridized carbons (Fsp3) is 0.414. The average Bonchev–Trinajstić information content (AvgIpc) is 3.63. The predicted octanol–water partition coefficient (Wildman–Crippen LogP) is 4.89. The first-order valence-electron chi connectivity index (χ1n) is 12.8. The molecule has 2 saturated heterocycles. The highest BCUT2D eigenvalue weighted by Crippen LogP contribution is 2.43. The van der Waals surface area contributed by atoms with Gasteiger partial charge in [0.1, 0.15) is 11.6 Å². The number of nitrogens with two attached hydrogens (primary N) is 1. The summed E-state index contributed by atoms with van der Waals surface area (Å²) >= 11 is 1.58. The van der Waals surface area contributed by atoms with Crippen molar-refractivity contribution in [3.8, 4) is 11.3 Å². The molecule has 2 N–H and O–H groups in total. The van der Waals surface area contributed by atoms with Crippen LogP contribution in [0.15, 0.2) is 66.0 Å². The summed E-state index contributed by atoms with van der Waals surface area (Å²) < 4.78 is 5.72. The molecule has 8 heteroatoms. The number of rotatable bonds is 5. The Morgan fingerprint density at radius 2 is 1.76 bits per heavy atom. The normalized spacial score (nSPS) is 22.1. The molecule has 4 atom stereocenters. The third-order valence-electron chi connectivity index (χ3n) is 7.46. The minimum Gasteiger partial charge on any atom is -0.445 e. The summed E-state index contributed by atoms with van der Waals surface area (Å²) in [6.45, 7) is 7.18. The van der Waals surface area contributed by atoms with Crippen LogP contribution in [0.3, 0.4) is 0 Å². The number of thiazole rings is 1. The first kappa shape index (κ1) is 25.4. The van der Waals surface area contributed by atoms with Crippen LogP contribution in [-0.4, -0.2) is 58.0 Å². The molecule has 194 valence electrons. The molecule has 2 aromatic carbocycles. The standard InChI is InChI=1S/C29H34N4O3S/c1-29(2,3)25(30)27(34)32-15-14-23-24(32)21(26-31-22(18-37-26)20-12-8-5-9-13-20)16-33(23)28(35)36-17-19-10-6-4-7-11-19/h4-13,18,21,23-25H,14-17,30H2,1-3H3. The zero-order valence-corrected chi connectivity index (χ0v) is 22.4. The lowest BCUT2D eigenvalue weighted by Crippen LogP contribution is -2.53. The molecule has 0 spiro atoms. The van der Waals surface area contributed by atoms with Crippen LogP contribution in [0.2, 0.25) is 0 Å². The molecule has 0 radical (unpaired) electrons. The van der Waals surface area contributed by atoms with Crippen LogP contribution in [-0.2, 0) is 16.1 Å². The molecule has 1 aromatic heterocycles. The number of ether oxygens (including phenoxy) is 1. The van der Waals surface area contributed by atoms with E-state index in [4.69, 9.17) is 15.5 Å². The lowest BCUT2D eigenvalue weighted by molar-refractivity contribution is -0.136. The summed E-state index contributed by atoms with van der Waals surface area (Å²) in [6.07, 6.45) is 0.344. The van der Waals surface area contributed by atoms with E-state index in [0.29, 0.717) is 19.5 Å². The van der Waals surface area contributed by atoms with E-state index in [-0.39, 0.29) is 42.0 Å². The summed E-state index contributed by atoms with van der Waals surface area (Å²) in [4.78, 5) is 35.5. The van der Waals surface area contributed by atoms with E-state index in [1.807, 2.05) is 86.3 Å². The molecular weight excluding hydrogens is 484 g/mol. The summed E-state index contributed by atoms with van der Waals surface area (Å²) in [5.74, 6) is -0.167. The molecule has 3 aromatic rings. The van der Waals surface area contributed by atoms with Gasteiger partial charge >= 0.3 is 6.09 Å². The van der Waals surface area contributed by atoms with Crippen molar-refractivity contribution in [2.24, 2.45) is 11.1 Å². The molecule has 2 aliphatic heterocycles. The van der Waals surface area contributed by atoms with Gasteiger partial charge in [-0.05, 0) is 17.4 Å². The van der Waals surface area contributed by atoms with Crippen molar-refractivity contribution in [2.45, 2.75) is 57.8 Å². The zero-order valence-electron chi connectivity index (χ0n) is 21.5. The van der Waals surface area contributed by atoms with Crippen LogP contribution in [0.1, 0.15) is 43.7 Å². The van der Waals surface area contributed by atoms with Gasteiger partial charge in [-0.1, -0.05) is 81.4 Å². The van der Waals surface area contributed by atoms with Gasteiger partial charge in [-0.2, -0.15) is 0 Å². The Bertz CT molecular complexity index is 1240. The molecule has 2 fully saturated rings. The highest BCUT2D eigenvalue weighted by molar-refractivity contribution is 7.10. The minimum absolute atomic E-state index is 0.0654. The molecule has 5 rings (SSSR count). The lowest BCUT2D eigenvalue weighted by Gasteiger charge is -2.34. The van der Waals surface area contributed by atoms with E-state index in [2.05, 4.69) is 5.38 Å². The highest BCUT2D eigenvalue weighted by atomic mass is 32.1. The summed E-state index contributed by atoms with van der Waals surface area (Å²) in [7, 11) is 0. The molecule has 0 aliphatic carbocycles. The number of amides is 2. The van der Waals surface area contributed by atoms with E-state index in [9.17, 15) is 9.59 Å². The zero-order chi connectivity index (χ0) is 26.2. The number of hydrogen-bond acceptors (Lipinski definition) is 6. The highest BCUT2D eigenvalue weighted by Gasteiger charge is 2.54. The smallest absolute Gasteiger partial charge is 0.410 e. The van der Waals surface area contributed by atoms with Crippen molar-refractivity contribution in [3.63, 3.8) is 0 Å². The summed E-state index contributed by atoms with van der Waals surface area (Å²) in [6, 6.07) is 18.8. The Labute approximate surface area is 222 Å². The molecule has 37 heavy (non-hydrogen) atoms. The fourth-order valence-electron chi connectivity index (χ4n) is 5.32. The minimum atomic E-state index is -0.623. The number of carbonyl (C=O) groups is 2. The van der Waals surface area contributed by atoms with Gasteiger partial charge in [0.05, 0.1) is 29.7 Å². The Morgan fingerprint density at radius 3 is 2.43 bits per heavy atom. The van der Waals surface area contributed by atoms with Gasteiger partial charge in [0.25, 0.3) is 0 Å². The quantitative estimate of drug-likeness (QED) is 0.520. The molecule has 4 unspecified atom stereocenters. The van der Waals surface area contributed by atoms with Crippen LogP contribution in [0.4, 0.5) is 4.79 Å². The molecule has 0 saturated carbocycles. The van der Waals surface area contributed by atoms with Crippen molar-refractivity contribution in [2.75, 3.05) is 13.1 Å². The summed E-state index contributed by atoms with van der Waals surface area (Å²) in [5, 5.41) is 2.98. The maximum atomic E-state index is 13.6. The third kappa shape index (κ3) is 5.13. The van der Waals surface area contributed by atoms with Crippen LogP contribution >= 0.6 is 11.3 Å². The molecule has 2 amide bonds. The second-order valence-electron chi connectivity index (χ2n) is 11.0. The Hall–Kier alpha value is -3.23. The second kappa shape index (κ2) is 10.3. The van der Waals surface area contributed by atoms with Crippen molar-refractivity contribution in [1.82, 2.24) is 14.8 Å². The molecule has 3 heterocycles. The van der Waals surface area contributed by atoms with Crippen molar-refractivity contribution < 1.29 is 14.3 Å². The number of nitrogens with zero attached hydrogens (tertiary/aromatic N) is 3. The van der Waals surface area contributed by atoms with Gasteiger partial charge in [-0.3, -0.25) is 4.79 Å². The van der Waals surface area contributed by atoms with E-state index in [0.717, 1.165) is 21.8 Å². The number of carbonyl (C=O) groups excluding carboxylic acids is 2. The van der Waals surface area contributed by atoms with Crippen LogP contribution in [0.5, 0.6) is 0 Å².